The molecule has 0 aliphatic carbocycles. The molecule has 132 valence electrons. The van der Waals surface area contributed by atoms with Gasteiger partial charge in [-0.2, -0.15) is 0 Å². The maximum atomic E-state index is 12.8. The lowest BCUT2D eigenvalue weighted by Gasteiger charge is -2.12. The SMILES string of the molecule is COC(=O)c1ccc(CSC(C)C(=O)NCc2ccc(F)cc2)cc1. The minimum Gasteiger partial charge on any atom is -0.465 e. The molecule has 1 atom stereocenters. The number of ether oxygens (including phenoxy) is 1. The van der Waals surface area contributed by atoms with Crippen molar-refractivity contribution in [3.05, 3.63) is 71.0 Å². The highest BCUT2D eigenvalue weighted by atomic mass is 32.2. The molecule has 0 saturated carbocycles. The van der Waals surface area contributed by atoms with Crippen molar-refractivity contribution >= 4 is 23.6 Å². The number of carbonyl (C=O) groups excluding carboxylic acids is 2. The molecule has 0 saturated heterocycles. The topological polar surface area (TPSA) is 55.4 Å². The van der Waals surface area contributed by atoms with E-state index in [-0.39, 0.29) is 22.9 Å². The van der Waals surface area contributed by atoms with Gasteiger partial charge in [-0.1, -0.05) is 24.3 Å². The maximum Gasteiger partial charge on any atom is 0.337 e. The van der Waals surface area contributed by atoms with Crippen molar-refractivity contribution in [1.82, 2.24) is 5.32 Å². The smallest absolute Gasteiger partial charge is 0.337 e. The van der Waals surface area contributed by atoms with E-state index in [1.165, 1.54) is 31.0 Å². The van der Waals surface area contributed by atoms with Crippen LogP contribution in [0.4, 0.5) is 4.39 Å². The van der Waals surface area contributed by atoms with Crippen LogP contribution in [0.2, 0.25) is 0 Å². The van der Waals surface area contributed by atoms with Gasteiger partial charge in [0.05, 0.1) is 17.9 Å². The number of methoxy groups -OCH3 is 1. The molecule has 0 bridgehead atoms. The minimum absolute atomic E-state index is 0.0690. The van der Waals surface area contributed by atoms with Gasteiger partial charge >= 0.3 is 5.97 Å². The van der Waals surface area contributed by atoms with E-state index >= 15 is 0 Å². The van der Waals surface area contributed by atoms with Crippen molar-refractivity contribution in [1.29, 1.82) is 0 Å². The van der Waals surface area contributed by atoms with Gasteiger partial charge in [-0.05, 0) is 42.3 Å². The van der Waals surface area contributed by atoms with Gasteiger partial charge in [-0.15, -0.1) is 11.8 Å². The Kier molecular flexibility index (Phi) is 7.01. The Morgan fingerprint density at radius 2 is 1.68 bits per heavy atom. The summed E-state index contributed by atoms with van der Waals surface area (Å²) in [5.74, 6) is -0.0717. The number of rotatable bonds is 7. The summed E-state index contributed by atoms with van der Waals surface area (Å²) in [4.78, 5) is 23.5. The highest BCUT2D eigenvalue weighted by Crippen LogP contribution is 2.18. The summed E-state index contributed by atoms with van der Waals surface area (Å²) < 4.78 is 17.5. The Balaban J connectivity index is 1.78. The van der Waals surface area contributed by atoms with E-state index in [4.69, 9.17) is 0 Å². The molecule has 25 heavy (non-hydrogen) atoms. The summed E-state index contributed by atoms with van der Waals surface area (Å²) in [6, 6.07) is 13.2. The van der Waals surface area contributed by atoms with Crippen LogP contribution >= 0.6 is 11.8 Å². The number of benzene rings is 2. The summed E-state index contributed by atoms with van der Waals surface area (Å²) in [6.45, 7) is 2.21. The second kappa shape index (κ2) is 9.22. The van der Waals surface area contributed by atoms with Crippen molar-refractivity contribution in [3.8, 4) is 0 Å². The highest BCUT2D eigenvalue weighted by molar-refractivity contribution is 7.99. The zero-order chi connectivity index (χ0) is 18.2. The molecule has 0 radical (unpaired) electrons. The van der Waals surface area contributed by atoms with Gasteiger partial charge in [-0.25, -0.2) is 9.18 Å². The quantitative estimate of drug-likeness (QED) is 0.767. The van der Waals surface area contributed by atoms with Gasteiger partial charge in [0.1, 0.15) is 5.82 Å². The first kappa shape index (κ1) is 19.0. The van der Waals surface area contributed by atoms with Crippen LogP contribution in [0.25, 0.3) is 0 Å². The number of esters is 1. The molecule has 0 aliphatic heterocycles. The molecule has 1 N–H and O–H groups in total. The normalized spacial score (nSPS) is 11.6. The van der Waals surface area contributed by atoms with Crippen LogP contribution in [0.3, 0.4) is 0 Å². The molecule has 1 unspecified atom stereocenters. The third-order valence-electron chi connectivity index (χ3n) is 3.62. The predicted octanol–water partition coefficient (Wildman–Crippen LogP) is 3.55. The van der Waals surface area contributed by atoms with E-state index in [2.05, 4.69) is 10.1 Å². The standard InChI is InChI=1S/C19H20FNO3S/c1-13(18(22)21-11-14-5-9-17(20)10-6-14)25-12-15-3-7-16(8-4-15)19(23)24-2/h3-10,13H,11-12H2,1-2H3,(H,21,22). The van der Waals surface area contributed by atoms with Crippen LogP contribution in [0.15, 0.2) is 48.5 Å². The number of nitrogens with one attached hydrogen (secondary N) is 1. The van der Waals surface area contributed by atoms with Crippen LogP contribution in [0, 0.1) is 5.82 Å². The Hall–Kier alpha value is -2.34. The largest absolute Gasteiger partial charge is 0.465 e. The van der Waals surface area contributed by atoms with E-state index in [0.717, 1.165) is 11.1 Å². The fraction of sp³-hybridized carbons (Fsp3) is 0.263. The number of carbonyl (C=O) groups is 2. The number of hydrogen-bond donors (Lipinski definition) is 1. The number of thioether (sulfide) groups is 1. The molecule has 0 aromatic heterocycles. The summed E-state index contributed by atoms with van der Waals surface area (Å²) >= 11 is 1.51. The van der Waals surface area contributed by atoms with Gasteiger partial charge in [0.25, 0.3) is 0 Å². The van der Waals surface area contributed by atoms with E-state index in [1.54, 1.807) is 24.3 Å². The van der Waals surface area contributed by atoms with Gasteiger partial charge in [0, 0.05) is 12.3 Å². The van der Waals surface area contributed by atoms with Crippen LogP contribution in [0.5, 0.6) is 0 Å². The maximum absolute atomic E-state index is 12.8. The van der Waals surface area contributed by atoms with Crippen molar-refractivity contribution in [3.63, 3.8) is 0 Å². The Morgan fingerprint density at radius 1 is 1.08 bits per heavy atom. The van der Waals surface area contributed by atoms with E-state index in [1.807, 2.05) is 19.1 Å². The first-order valence-electron chi connectivity index (χ1n) is 7.80. The average molecular weight is 361 g/mol. The molecule has 0 heterocycles. The van der Waals surface area contributed by atoms with Gasteiger partial charge in [0.2, 0.25) is 5.91 Å². The predicted molar refractivity (Wildman–Crippen MR) is 96.8 cm³/mol. The highest BCUT2D eigenvalue weighted by Gasteiger charge is 2.13. The Bertz CT molecular complexity index is 716. The zero-order valence-electron chi connectivity index (χ0n) is 14.1. The summed E-state index contributed by atoms with van der Waals surface area (Å²) in [6.07, 6.45) is 0. The monoisotopic (exact) mass is 361 g/mol. The minimum atomic E-state index is -0.368. The molecule has 0 fully saturated rings. The van der Waals surface area contributed by atoms with Crippen LogP contribution in [-0.2, 0) is 21.8 Å². The summed E-state index contributed by atoms with van der Waals surface area (Å²) in [5.41, 5.74) is 2.38. The summed E-state index contributed by atoms with van der Waals surface area (Å²) in [5, 5.41) is 2.62. The Labute approximate surface area is 150 Å². The zero-order valence-corrected chi connectivity index (χ0v) is 14.9. The molecule has 0 spiro atoms. The summed E-state index contributed by atoms with van der Waals surface area (Å²) in [7, 11) is 1.35. The molecular weight excluding hydrogens is 341 g/mol. The lowest BCUT2D eigenvalue weighted by atomic mass is 10.1. The van der Waals surface area contributed by atoms with E-state index in [0.29, 0.717) is 17.9 Å². The Morgan fingerprint density at radius 3 is 2.28 bits per heavy atom. The fourth-order valence-corrected chi connectivity index (χ4v) is 2.96. The van der Waals surface area contributed by atoms with E-state index < -0.39 is 0 Å². The van der Waals surface area contributed by atoms with Crippen molar-refractivity contribution in [2.45, 2.75) is 24.5 Å². The third kappa shape index (κ3) is 5.90. The van der Waals surface area contributed by atoms with Crippen LogP contribution in [-0.4, -0.2) is 24.2 Å². The number of halogens is 1. The molecule has 1 amide bonds. The number of amides is 1. The van der Waals surface area contributed by atoms with Gasteiger partial charge in [-0.3, -0.25) is 4.79 Å². The molecule has 2 aromatic rings. The van der Waals surface area contributed by atoms with Gasteiger partial charge in [0.15, 0.2) is 0 Å². The number of hydrogen-bond acceptors (Lipinski definition) is 4. The molecule has 2 aromatic carbocycles. The molecule has 2 rings (SSSR count). The van der Waals surface area contributed by atoms with Gasteiger partial charge < -0.3 is 10.1 Å². The van der Waals surface area contributed by atoms with E-state index in [9.17, 15) is 14.0 Å². The first-order valence-corrected chi connectivity index (χ1v) is 8.85. The fourth-order valence-electron chi connectivity index (χ4n) is 2.09. The lowest BCUT2D eigenvalue weighted by Crippen LogP contribution is -2.30. The molecule has 0 aliphatic rings. The third-order valence-corrected chi connectivity index (χ3v) is 4.84. The first-order chi connectivity index (χ1) is 12.0. The molecular formula is C19H20FNO3S. The van der Waals surface area contributed by atoms with Crippen LogP contribution in [0.1, 0.15) is 28.4 Å². The molecule has 4 nitrogen and oxygen atoms in total. The average Bonchev–Trinajstić information content (AvgIpc) is 2.65. The lowest BCUT2D eigenvalue weighted by molar-refractivity contribution is -0.120. The van der Waals surface area contributed by atoms with Crippen molar-refractivity contribution < 1.29 is 18.7 Å². The second-order valence-corrected chi connectivity index (χ2v) is 6.82. The second-order valence-electron chi connectivity index (χ2n) is 5.49. The van der Waals surface area contributed by atoms with Crippen LogP contribution < -0.4 is 5.32 Å². The van der Waals surface area contributed by atoms with Crippen molar-refractivity contribution in [2.24, 2.45) is 0 Å². The molecule has 6 heteroatoms. The van der Waals surface area contributed by atoms with Crippen molar-refractivity contribution in [2.75, 3.05) is 7.11 Å².